The van der Waals surface area contributed by atoms with Gasteiger partial charge in [-0.1, -0.05) is 29.3 Å². The van der Waals surface area contributed by atoms with Gasteiger partial charge in [-0.15, -0.1) is 0 Å². The number of alkyl halides is 3. The highest BCUT2D eigenvalue weighted by molar-refractivity contribution is 6.42. The Hall–Kier alpha value is -0.980. The second-order valence-electron chi connectivity index (χ2n) is 6.06. The molecule has 1 aromatic carbocycles. The maximum Gasteiger partial charge on any atom is 0.393 e. The minimum Gasteiger partial charge on any atom is -0.481 e. The lowest BCUT2D eigenvalue weighted by Gasteiger charge is -2.18. The molecule has 3 nitrogen and oxygen atoms in total. The van der Waals surface area contributed by atoms with Crippen molar-refractivity contribution in [3.8, 4) is 0 Å². The zero-order chi connectivity index (χ0) is 17.9. The summed E-state index contributed by atoms with van der Waals surface area (Å²) in [6.45, 7) is 0.164. The summed E-state index contributed by atoms with van der Waals surface area (Å²) in [6, 6.07) is 5.36. The summed E-state index contributed by atoms with van der Waals surface area (Å²) in [4.78, 5) is 12.6. The van der Waals surface area contributed by atoms with Crippen molar-refractivity contribution in [3.63, 3.8) is 0 Å². The van der Waals surface area contributed by atoms with Gasteiger partial charge in [0.15, 0.2) is 0 Å². The number of hydrogen-bond donors (Lipinski definition) is 1. The van der Waals surface area contributed by atoms with Crippen molar-refractivity contribution < 1.29 is 23.1 Å². The van der Waals surface area contributed by atoms with Gasteiger partial charge >= 0.3 is 12.1 Å². The van der Waals surface area contributed by atoms with E-state index in [-0.39, 0.29) is 13.1 Å². The average Bonchev–Trinajstić information content (AvgIpc) is 2.92. The van der Waals surface area contributed by atoms with Crippen LogP contribution in [0, 0.1) is 11.8 Å². The fourth-order valence-electron chi connectivity index (χ4n) is 3.01. The van der Waals surface area contributed by atoms with Crippen molar-refractivity contribution in [2.75, 3.05) is 19.6 Å². The van der Waals surface area contributed by atoms with Gasteiger partial charge in [0, 0.05) is 13.1 Å². The van der Waals surface area contributed by atoms with Crippen molar-refractivity contribution in [3.05, 3.63) is 33.8 Å². The molecule has 0 bridgehead atoms. The van der Waals surface area contributed by atoms with Gasteiger partial charge in [-0.3, -0.25) is 4.79 Å². The molecule has 1 N–H and O–H groups in total. The molecule has 1 fully saturated rings. The maximum absolute atomic E-state index is 12.9. The lowest BCUT2D eigenvalue weighted by atomic mass is 9.96. The number of carboxylic acids is 1. The van der Waals surface area contributed by atoms with Crippen molar-refractivity contribution in [1.29, 1.82) is 0 Å². The number of aliphatic carboxylic acids is 1. The van der Waals surface area contributed by atoms with Crippen LogP contribution in [0.3, 0.4) is 0 Å². The highest BCUT2D eigenvalue weighted by atomic mass is 35.5. The molecule has 1 saturated heterocycles. The van der Waals surface area contributed by atoms with E-state index in [0.717, 1.165) is 18.4 Å². The molecule has 0 saturated carbocycles. The molecular formula is C16H18Cl2F3NO2. The van der Waals surface area contributed by atoms with Crippen LogP contribution in [0.2, 0.25) is 10.0 Å². The fourth-order valence-corrected chi connectivity index (χ4v) is 3.33. The standard InChI is InChI=1S/C16H18Cl2F3NO2/c17-13-5-4-10(7-14(13)18)3-1-2-6-22-8-11(15(23)24)12(9-22)16(19,20)21/h4-5,7,11-12H,1-3,6,8-9H2,(H,23,24)/t11-,12-/m1/s1. The molecule has 1 heterocycles. The van der Waals surface area contributed by atoms with Gasteiger partial charge in [0.05, 0.1) is 21.9 Å². The highest BCUT2D eigenvalue weighted by Crippen LogP contribution is 2.37. The Balaban J connectivity index is 1.80. The SMILES string of the molecule is O=C(O)[C@@H]1CN(CCCCc2ccc(Cl)c(Cl)c2)C[C@H]1C(F)(F)F. The third-order valence-corrected chi connectivity index (χ3v) is 5.05. The van der Waals surface area contributed by atoms with Gasteiger partial charge in [0.1, 0.15) is 0 Å². The molecule has 1 aliphatic heterocycles. The summed E-state index contributed by atoms with van der Waals surface area (Å²) in [5.74, 6) is -4.54. The number of carboxylic acid groups (broad SMARTS) is 1. The van der Waals surface area contributed by atoms with Crippen LogP contribution in [-0.2, 0) is 11.2 Å². The number of rotatable bonds is 6. The third kappa shape index (κ3) is 5.01. The van der Waals surface area contributed by atoms with E-state index in [9.17, 15) is 18.0 Å². The van der Waals surface area contributed by atoms with Crippen LogP contribution >= 0.6 is 23.2 Å². The van der Waals surface area contributed by atoms with Gasteiger partial charge in [-0.25, -0.2) is 0 Å². The number of halogens is 5. The second kappa shape index (κ2) is 7.93. The van der Waals surface area contributed by atoms with Crippen LogP contribution in [-0.4, -0.2) is 41.8 Å². The molecule has 8 heteroatoms. The van der Waals surface area contributed by atoms with Crippen LogP contribution in [0.25, 0.3) is 0 Å². The first-order valence-electron chi connectivity index (χ1n) is 7.64. The Morgan fingerprint density at radius 2 is 1.92 bits per heavy atom. The summed E-state index contributed by atoms with van der Waals surface area (Å²) < 4.78 is 38.7. The second-order valence-corrected chi connectivity index (χ2v) is 6.87. The minimum absolute atomic E-state index is 0.0493. The molecule has 1 aromatic rings. The Bertz CT molecular complexity index is 595. The van der Waals surface area contributed by atoms with Gasteiger partial charge in [-0.2, -0.15) is 13.2 Å². The molecule has 24 heavy (non-hydrogen) atoms. The van der Waals surface area contributed by atoms with Gasteiger partial charge in [-0.05, 0) is 43.5 Å². The van der Waals surface area contributed by atoms with Crippen LogP contribution in [0.15, 0.2) is 18.2 Å². The Morgan fingerprint density at radius 1 is 1.21 bits per heavy atom. The average molecular weight is 384 g/mol. The normalized spacial score (nSPS) is 22.0. The first-order chi connectivity index (χ1) is 11.2. The molecular weight excluding hydrogens is 366 g/mol. The van der Waals surface area contributed by atoms with E-state index in [4.69, 9.17) is 28.3 Å². The smallest absolute Gasteiger partial charge is 0.393 e. The molecule has 2 rings (SSSR count). The molecule has 2 atom stereocenters. The maximum atomic E-state index is 12.9. The fraction of sp³-hybridized carbons (Fsp3) is 0.562. The number of hydrogen-bond acceptors (Lipinski definition) is 2. The van der Waals surface area contributed by atoms with E-state index in [1.54, 1.807) is 17.0 Å². The summed E-state index contributed by atoms with van der Waals surface area (Å²) in [5, 5.41) is 9.94. The number of aryl methyl sites for hydroxylation is 1. The molecule has 1 aliphatic rings. The van der Waals surface area contributed by atoms with Crippen molar-refractivity contribution in [2.24, 2.45) is 11.8 Å². The largest absolute Gasteiger partial charge is 0.481 e. The Labute approximate surface area is 148 Å². The minimum atomic E-state index is -4.47. The number of nitrogens with zero attached hydrogens (tertiary/aromatic N) is 1. The summed E-state index contributed by atoms with van der Waals surface area (Å²) >= 11 is 11.8. The zero-order valence-corrected chi connectivity index (χ0v) is 14.3. The molecule has 0 unspecified atom stereocenters. The number of unbranched alkanes of at least 4 members (excludes halogenated alkanes) is 1. The van der Waals surface area contributed by atoms with Crippen LogP contribution in [0.5, 0.6) is 0 Å². The lowest BCUT2D eigenvalue weighted by Crippen LogP contribution is -2.33. The van der Waals surface area contributed by atoms with Crippen LogP contribution in [0.4, 0.5) is 13.2 Å². The van der Waals surface area contributed by atoms with E-state index in [1.165, 1.54) is 0 Å². The zero-order valence-electron chi connectivity index (χ0n) is 12.8. The summed E-state index contributed by atoms with van der Waals surface area (Å²) in [7, 11) is 0. The topological polar surface area (TPSA) is 40.5 Å². The molecule has 0 amide bonds. The summed E-state index contributed by atoms with van der Waals surface area (Å²) in [6.07, 6.45) is -2.26. The Kier molecular flexibility index (Phi) is 6.39. The van der Waals surface area contributed by atoms with Crippen molar-refractivity contribution in [1.82, 2.24) is 4.90 Å². The predicted molar refractivity (Wildman–Crippen MR) is 86.5 cm³/mol. The predicted octanol–water partition coefficient (Wildman–Crippen LogP) is 4.51. The van der Waals surface area contributed by atoms with E-state index < -0.39 is 24.0 Å². The van der Waals surface area contributed by atoms with E-state index in [0.29, 0.717) is 23.0 Å². The molecule has 0 aromatic heterocycles. The van der Waals surface area contributed by atoms with Crippen LogP contribution < -0.4 is 0 Å². The number of carbonyl (C=O) groups is 1. The Morgan fingerprint density at radius 3 is 2.46 bits per heavy atom. The van der Waals surface area contributed by atoms with Gasteiger partial charge in [0.25, 0.3) is 0 Å². The highest BCUT2D eigenvalue weighted by Gasteiger charge is 2.52. The lowest BCUT2D eigenvalue weighted by molar-refractivity contribution is -0.188. The monoisotopic (exact) mass is 383 g/mol. The third-order valence-electron chi connectivity index (χ3n) is 4.31. The quantitative estimate of drug-likeness (QED) is 0.734. The van der Waals surface area contributed by atoms with Crippen LogP contribution in [0.1, 0.15) is 18.4 Å². The van der Waals surface area contributed by atoms with E-state index >= 15 is 0 Å². The molecule has 0 spiro atoms. The van der Waals surface area contributed by atoms with E-state index in [1.807, 2.05) is 6.07 Å². The number of benzene rings is 1. The molecule has 0 radical (unpaired) electrons. The first-order valence-corrected chi connectivity index (χ1v) is 8.40. The number of likely N-dealkylation sites (tertiary alicyclic amines) is 1. The van der Waals surface area contributed by atoms with Gasteiger partial charge in [0.2, 0.25) is 0 Å². The molecule has 0 aliphatic carbocycles. The first kappa shape index (κ1) is 19.3. The van der Waals surface area contributed by atoms with Gasteiger partial charge < -0.3 is 10.0 Å². The molecule has 134 valence electrons. The van der Waals surface area contributed by atoms with Crippen molar-refractivity contribution in [2.45, 2.75) is 25.4 Å². The summed E-state index contributed by atoms with van der Waals surface area (Å²) in [5.41, 5.74) is 1.02. The van der Waals surface area contributed by atoms with E-state index in [2.05, 4.69) is 0 Å². The van der Waals surface area contributed by atoms with Crippen molar-refractivity contribution >= 4 is 29.2 Å².